The van der Waals surface area contributed by atoms with Crippen molar-refractivity contribution in [2.45, 2.75) is 6.92 Å². The van der Waals surface area contributed by atoms with Crippen LogP contribution in [0.2, 0.25) is 5.02 Å². The van der Waals surface area contributed by atoms with Gasteiger partial charge in [-0.2, -0.15) is 5.26 Å². The quantitative estimate of drug-likeness (QED) is 0.294. The van der Waals surface area contributed by atoms with Crippen LogP contribution in [0.1, 0.15) is 11.1 Å². The van der Waals surface area contributed by atoms with Gasteiger partial charge in [0, 0.05) is 26.4 Å². The van der Waals surface area contributed by atoms with Gasteiger partial charge in [-0.3, -0.25) is 9.59 Å². The molecule has 2 N–H and O–H groups in total. The Morgan fingerprint density at radius 2 is 1.82 bits per heavy atom. The molecule has 33 heavy (non-hydrogen) atoms. The highest BCUT2D eigenvalue weighted by Gasteiger charge is 2.13. The van der Waals surface area contributed by atoms with Crippen LogP contribution in [0.25, 0.3) is 6.08 Å². The van der Waals surface area contributed by atoms with E-state index >= 15 is 0 Å². The van der Waals surface area contributed by atoms with Crippen molar-refractivity contribution in [3.63, 3.8) is 0 Å². The van der Waals surface area contributed by atoms with E-state index in [2.05, 4.69) is 26.6 Å². The van der Waals surface area contributed by atoms with Crippen LogP contribution >= 0.6 is 27.5 Å². The van der Waals surface area contributed by atoms with Gasteiger partial charge in [0.1, 0.15) is 17.4 Å². The van der Waals surface area contributed by atoms with Gasteiger partial charge in [0.25, 0.3) is 11.8 Å². The molecule has 0 aliphatic rings. The highest BCUT2D eigenvalue weighted by molar-refractivity contribution is 9.10. The maximum Gasteiger partial charge on any atom is 0.266 e. The van der Waals surface area contributed by atoms with Crippen LogP contribution < -0.4 is 15.4 Å². The van der Waals surface area contributed by atoms with Crippen molar-refractivity contribution < 1.29 is 14.3 Å². The molecule has 0 radical (unpaired) electrons. The molecule has 3 rings (SSSR count). The smallest absolute Gasteiger partial charge is 0.266 e. The summed E-state index contributed by atoms with van der Waals surface area (Å²) in [5.41, 5.74) is 2.54. The van der Waals surface area contributed by atoms with E-state index in [1.165, 1.54) is 6.08 Å². The van der Waals surface area contributed by atoms with Crippen molar-refractivity contribution in [3.8, 4) is 11.8 Å². The first kappa shape index (κ1) is 24.1. The molecule has 0 unspecified atom stereocenters. The Bertz CT molecular complexity index is 1250. The summed E-state index contributed by atoms with van der Waals surface area (Å²) in [7, 11) is 0. The normalized spacial score (nSPS) is 10.8. The summed E-state index contributed by atoms with van der Waals surface area (Å²) >= 11 is 9.32. The van der Waals surface area contributed by atoms with Crippen molar-refractivity contribution in [2.75, 3.05) is 17.2 Å². The van der Waals surface area contributed by atoms with Crippen LogP contribution in [0.3, 0.4) is 0 Å². The number of nitrogens with zero attached hydrogens (tertiary/aromatic N) is 1. The molecule has 3 aromatic carbocycles. The lowest BCUT2D eigenvalue weighted by Gasteiger charge is -2.11. The maximum absolute atomic E-state index is 12.6. The number of benzene rings is 3. The lowest BCUT2D eigenvalue weighted by Crippen LogP contribution is -2.20. The monoisotopic (exact) mass is 523 g/mol. The van der Waals surface area contributed by atoms with Crippen molar-refractivity contribution in [3.05, 3.63) is 92.9 Å². The van der Waals surface area contributed by atoms with Crippen LogP contribution in [0.4, 0.5) is 11.4 Å². The summed E-state index contributed by atoms with van der Waals surface area (Å²) in [6.45, 7) is 1.72. The van der Waals surface area contributed by atoms with E-state index in [9.17, 15) is 14.9 Å². The number of carbonyl (C=O) groups excluding carboxylic acids is 2. The van der Waals surface area contributed by atoms with E-state index in [4.69, 9.17) is 16.3 Å². The number of nitriles is 1. The number of ether oxygens (including phenoxy) is 1. The summed E-state index contributed by atoms with van der Waals surface area (Å²) < 4.78 is 6.39. The molecule has 166 valence electrons. The van der Waals surface area contributed by atoms with Gasteiger partial charge in [0.05, 0.1) is 0 Å². The summed E-state index contributed by atoms with van der Waals surface area (Å²) in [5.74, 6) is -0.584. The Balaban J connectivity index is 1.74. The zero-order valence-corrected chi connectivity index (χ0v) is 19.9. The first-order valence-corrected chi connectivity index (χ1v) is 11.0. The Morgan fingerprint density at radius 1 is 1.06 bits per heavy atom. The maximum atomic E-state index is 12.6. The largest absolute Gasteiger partial charge is 0.483 e. The highest BCUT2D eigenvalue weighted by atomic mass is 79.9. The van der Waals surface area contributed by atoms with E-state index in [1.54, 1.807) is 54.6 Å². The summed E-state index contributed by atoms with van der Waals surface area (Å²) in [6, 6.07) is 21.0. The molecular weight excluding hydrogens is 506 g/mol. The number of anilines is 2. The molecule has 8 heteroatoms. The second kappa shape index (κ2) is 11.3. The van der Waals surface area contributed by atoms with E-state index < -0.39 is 5.91 Å². The number of carbonyl (C=O) groups is 2. The molecule has 0 bridgehead atoms. The number of halogens is 2. The highest BCUT2D eigenvalue weighted by Crippen LogP contribution is 2.26. The van der Waals surface area contributed by atoms with Crippen LogP contribution in [0, 0.1) is 18.3 Å². The topological polar surface area (TPSA) is 91.2 Å². The van der Waals surface area contributed by atoms with Gasteiger partial charge in [-0.05, 0) is 61.5 Å². The molecule has 2 amide bonds. The average Bonchev–Trinajstić information content (AvgIpc) is 2.78. The van der Waals surface area contributed by atoms with E-state index in [0.29, 0.717) is 27.7 Å². The first-order chi connectivity index (χ1) is 15.8. The molecule has 0 saturated heterocycles. The van der Waals surface area contributed by atoms with Gasteiger partial charge < -0.3 is 15.4 Å². The zero-order valence-electron chi connectivity index (χ0n) is 17.6. The van der Waals surface area contributed by atoms with Gasteiger partial charge in [0.15, 0.2) is 6.61 Å². The first-order valence-electron chi connectivity index (χ1n) is 9.81. The fraction of sp³-hybridized carbons (Fsp3) is 0.0800. The van der Waals surface area contributed by atoms with Crippen molar-refractivity contribution in [2.24, 2.45) is 0 Å². The molecular formula is C25H19BrClN3O3. The summed E-state index contributed by atoms with van der Waals surface area (Å²) in [4.78, 5) is 24.9. The molecule has 0 fully saturated rings. The predicted octanol–water partition coefficient (Wildman–Crippen LogP) is 5.97. The lowest BCUT2D eigenvalue weighted by atomic mass is 10.1. The number of nitrogens with one attached hydrogen (secondary N) is 2. The summed E-state index contributed by atoms with van der Waals surface area (Å²) in [5, 5.41) is 15.4. The minimum Gasteiger partial charge on any atom is -0.483 e. The number of amides is 2. The third-order valence-corrected chi connectivity index (χ3v) is 5.14. The van der Waals surface area contributed by atoms with Gasteiger partial charge in [-0.15, -0.1) is 0 Å². The van der Waals surface area contributed by atoms with Gasteiger partial charge in [0.2, 0.25) is 0 Å². The Labute approximate surface area is 205 Å². The summed E-state index contributed by atoms with van der Waals surface area (Å²) in [6.07, 6.45) is 1.40. The molecule has 0 aromatic heterocycles. The zero-order chi connectivity index (χ0) is 23.8. The van der Waals surface area contributed by atoms with Crippen molar-refractivity contribution >= 4 is 56.8 Å². The second-order valence-corrected chi connectivity index (χ2v) is 8.37. The van der Waals surface area contributed by atoms with Crippen LogP contribution in [0.5, 0.6) is 5.75 Å². The minimum atomic E-state index is -0.595. The molecule has 3 aromatic rings. The third kappa shape index (κ3) is 7.21. The van der Waals surface area contributed by atoms with Gasteiger partial charge >= 0.3 is 0 Å². The SMILES string of the molecule is Cc1ccc(NC(=O)COc2ccc(Br)cc2/C=C(\C#N)C(=O)Nc2cccc(Cl)c2)cc1. The molecule has 0 heterocycles. The van der Waals surface area contributed by atoms with Gasteiger partial charge in [-0.25, -0.2) is 0 Å². The Kier molecular flexibility index (Phi) is 8.25. The lowest BCUT2D eigenvalue weighted by molar-refractivity contribution is -0.118. The number of aryl methyl sites for hydroxylation is 1. The van der Waals surface area contributed by atoms with Crippen molar-refractivity contribution in [1.82, 2.24) is 0 Å². The molecule has 6 nitrogen and oxygen atoms in total. The van der Waals surface area contributed by atoms with Crippen LogP contribution in [-0.2, 0) is 9.59 Å². The fourth-order valence-corrected chi connectivity index (χ4v) is 3.38. The Morgan fingerprint density at radius 3 is 2.52 bits per heavy atom. The molecule has 0 aliphatic carbocycles. The Hall–Kier alpha value is -3.60. The number of hydrogen-bond acceptors (Lipinski definition) is 4. The number of hydrogen-bond donors (Lipinski definition) is 2. The van der Waals surface area contributed by atoms with E-state index in [-0.39, 0.29) is 18.1 Å². The predicted molar refractivity (Wildman–Crippen MR) is 133 cm³/mol. The third-order valence-electron chi connectivity index (χ3n) is 4.41. The molecule has 0 atom stereocenters. The van der Waals surface area contributed by atoms with Gasteiger partial charge in [-0.1, -0.05) is 51.3 Å². The fourth-order valence-electron chi connectivity index (χ4n) is 2.81. The van der Waals surface area contributed by atoms with Crippen molar-refractivity contribution in [1.29, 1.82) is 5.26 Å². The average molecular weight is 525 g/mol. The minimum absolute atomic E-state index is 0.137. The molecule has 0 spiro atoms. The second-order valence-electron chi connectivity index (χ2n) is 7.02. The van der Waals surface area contributed by atoms with E-state index in [1.807, 2.05) is 25.1 Å². The van der Waals surface area contributed by atoms with Crippen LogP contribution in [0.15, 0.2) is 76.8 Å². The molecule has 0 aliphatic heterocycles. The van der Waals surface area contributed by atoms with Crippen LogP contribution in [-0.4, -0.2) is 18.4 Å². The van der Waals surface area contributed by atoms with E-state index in [0.717, 1.165) is 10.0 Å². The standard InChI is InChI=1S/C25H19BrClN3O3/c1-16-5-8-21(9-6-16)29-24(31)15-33-23-10-7-19(26)12-17(23)11-18(14-28)25(32)30-22-4-2-3-20(27)13-22/h2-13H,15H2,1H3,(H,29,31)(H,30,32)/b18-11+. The molecule has 0 saturated carbocycles. The number of rotatable bonds is 7.